The zero-order valence-electron chi connectivity index (χ0n) is 28.9. The molecule has 0 radical (unpaired) electrons. The van der Waals surface area contributed by atoms with E-state index in [1.807, 2.05) is 0 Å². The highest BCUT2D eigenvalue weighted by molar-refractivity contribution is 6.10. The summed E-state index contributed by atoms with van der Waals surface area (Å²) in [5.74, 6) is 0.286. The third kappa shape index (κ3) is 4.95. The van der Waals surface area contributed by atoms with Crippen molar-refractivity contribution >= 4 is 43.6 Å². The number of rotatable bonds is 6. The monoisotopic (exact) mass is 664 g/mol. The maximum Gasteiger partial charge on any atom is 0.0541 e. The average molecular weight is 665 g/mol. The first-order valence-corrected chi connectivity index (χ1v) is 18.1. The van der Waals surface area contributed by atoms with E-state index in [1.54, 1.807) is 0 Å². The Bertz CT molecular complexity index is 2760. The second-order valence-corrected chi connectivity index (χ2v) is 13.8. The molecule has 0 aliphatic rings. The van der Waals surface area contributed by atoms with E-state index in [0.717, 1.165) is 0 Å². The van der Waals surface area contributed by atoms with E-state index in [9.17, 15) is 0 Å². The predicted octanol–water partition coefficient (Wildman–Crippen LogP) is 13.4. The predicted molar refractivity (Wildman–Crippen MR) is 220 cm³/mol. The molecule has 0 aliphatic carbocycles. The average Bonchev–Trinajstić information content (AvgIpc) is 3.74. The third-order valence-electron chi connectivity index (χ3n) is 10.9. The van der Waals surface area contributed by atoms with Crippen LogP contribution in [0.4, 0.5) is 0 Å². The second kappa shape index (κ2) is 12.3. The molecule has 0 aliphatic heterocycles. The zero-order valence-corrected chi connectivity index (χ0v) is 28.9. The Hall–Kier alpha value is -6.64. The molecule has 0 saturated carbocycles. The molecule has 0 spiro atoms. The van der Waals surface area contributed by atoms with Crippen LogP contribution in [0.25, 0.3) is 77.2 Å². The Morgan fingerprint density at radius 1 is 0.288 bits per heavy atom. The molecule has 8 aromatic carbocycles. The van der Waals surface area contributed by atoms with E-state index < -0.39 is 0 Å². The van der Waals surface area contributed by atoms with Crippen molar-refractivity contribution in [3.63, 3.8) is 0 Å². The Morgan fingerprint density at radius 3 is 0.885 bits per heavy atom. The highest BCUT2D eigenvalue weighted by Gasteiger charge is 2.14. The number of hydrogen-bond donors (Lipinski definition) is 0. The molecule has 52 heavy (non-hydrogen) atoms. The van der Waals surface area contributed by atoms with Crippen molar-refractivity contribution in [1.29, 1.82) is 0 Å². The fourth-order valence-electron chi connectivity index (χ4n) is 8.13. The standard InChI is InChI=1S/C50H36N2/c1-34(36-26-30-41(31-27-36)51-47-14-6-2-10-43(47)44-11-3-7-15-48(44)51)35-18-20-37(21-19-35)38-22-24-39(25-23-38)40-28-32-42(33-29-40)52-49-16-8-4-12-45(49)46-13-5-9-17-50(46)52/h2-34H,1H3. The third-order valence-corrected chi connectivity index (χ3v) is 10.9. The number of hydrogen-bond acceptors (Lipinski definition) is 0. The molecule has 0 bridgehead atoms. The Labute approximate surface area is 303 Å². The minimum absolute atomic E-state index is 0.286. The van der Waals surface area contributed by atoms with E-state index in [4.69, 9.17) is 0 Å². The van der Waals surface area contributed by atoms with Crippen molar-refractivity contribution in [2.75, 3.05) is 0 Å². The van der Waals surface area contributed by atoms with Crippen molar-refractivity contribution in [2.45, 2.75) is 12.8 Å². The lowest BCUT2D eigenvalue weighted by Gasteiger charge is -2.15. The molecule has 0 N–H and O–H groups in total. The van der Waals surface area contributed by atoms with Gasteiger partial charge in [0.25, 0.3) is 0 Å². The summed E-state index contributed by atoms with van der Waals surface area (Å²) in [6.45, 7) is 2.30. The minimum Gasteiger partial charge on any atom is -0.309 e. The van der Waals surface area contributed by atoms with Crippen LogP contribution >= 0.6 is 0 Å². The highest BCUT2D eigenvalue weighted by atomic mass is 15.0. The van der Waals surface area contributed by atoms with Gasteiger partial charge in [0.15, 0.2) is 0 Å². The quantitative estimate of drug-likeness (QED) is 0.167. The van der Waals surface area contributed by atoms with Gasteiger partial charge in [0.1, 0.15) is 0 Å². The van der Waals surface area contributed by atoms with Crippen LogP contribution in [0.3, 0.4) is 0 Å². The van der Waals surface area contributed by atoms with E-state index in [1.165, 1.54) is 88.4 Å². The molecule has 10 aromatic rings. The molecule has 0 saturated heterocycles. The fraction of sp³-hybridized carbons (Fsp3) is 0.0400. The van der Waals surface area contributed by atoms with Crippen LogP contribution in [-0.4, -0.2) is 9.13 Å². The van der Waals surface area contributed by atoms with Gasteiger partial charge in [-0.1, -0.05) is 153 Å². The van der Waals surface area contributed by atoms with Gasteiger partial charge in [0.2, 0.25) is 0 Å². The number of nitrogens with zero attached hydrogens (tertiary/aromatic N) is 2. The summed E-state index contributed by atoms with van der Waals surface area (Å²) in [7, 11) is 0. The summed E-state index contributed by atoms with van der Waals surface area (Å²) in [5, 5.41) is 5.14. The van der Waals surface area contributed by atoms with Crippen molar-refractivity contribution in [2.24, 2.45) is 0 Å². The number of benzene rings is 8. The summed E-state index contributed by atoms with van der Waals surface area (Å²) < 4.78 is 4.74. The van der Waals surface area contributed by atoms with Gasteiger partial charge in [-0.2, -0.15) is 0 Å². The number of aromatic nitrogens is 2. The number of para-hydroxylation sites is 4. The highest BCUT2D eigenvalue weighted by Crippen LogP contribution is 2.35. The van der Waals surface area contributed by atoms with E-state index in [-0.39, 0.29) is 5.92 Å². The Balaban J connectivity index is 0.871. The van der Waals surface area contributed by atoms with Crippen LogP contribution in [-0.2, 0) is 0 Å². The molecular formula is C50H36N2. The van der Waals surface area contributed by atoms with Gasteiger partial charge in [0, 0.05) is 38.8 Å². The summed E-state index contributed by atoms with van der Waals surface area (Å²) in [6, 6.07) is 70.7. The molecule has 2 heterocycles. The number of fused-ring (bicyclic) bond motifs is 6. The summed E-state index contributed by atoms with van der Waals surface area (Å²) >= 11 is 0. The van der Waals surface area contributed by atoms with Crippen LogP contribution in [0, 0.1) is 0 Å². The van der Waals surface area contributed by atoms with Crippen molar-refractivity contribution in [3.8, 4) is 33.6 Å². The van der Waals surface area contributed by atoms with Crippen molar-refractivity contribution in [1.82, 2.24) is 9.13 Å². The normalized spacial score (nSPS) is 12.2. The Kier molecular flexibility index (Phi) is 7.14. The molecule has 1 atom stereocenters. The molecule has 2 nitrogen and oxygen atoms in total. The molecular weight excluding hydrogens is 629 g/mol. The van der Waals surface area contributed by atoms with E-state index >= 15 is 0 Å². The molecule has 1 unspecified atom stereocenters. The topological polar surface area (TPSA) is 9.86 Å². The summed E-state index contributed by atoms with van der Waals surface area (Å²) in [6.07, 6.45) is 0. The molecule has 0 fully saturated rings. The first-order chi connectivity index (χ1) is 25.7. The summed E-state index contributed by atoms with van der Waals surface area (Å²) in [5.41, 5.74) is 14.8. The first kappa shape index (κ1) is 30.2. The van der Waals surface area contributed by atoms with Gasteiger partial charge in [0.05, 0.1) is 22.1 Å². The minimum atomic E-state index is 0.286. The van der Waals surface area contributed by atoms with Crippen LogP contribution in [0.1, 0.15) is 24.0 Å². The maximum absolute atomic E-state index is 2.38. The Morgan fingerprint density at radius 2 is 0.538 bits per heavy atom. The SMILES string of the molecule is CC(c1ccc(-c2ccc(-c3ccc(-n4c5ccccc5c5ccccc54)cc3)cc2)cc1)c1ccc(-n2c3ccccc3c3ccccc32)cc1. The van der Waals surface area contributed by atoms with Gasteiger partial charge >= 0.3 is 0 Å². The van der Waals surface area contributed by atoms with Crippen molar-refractivity contribution in [3.05, 3.63) is 205 Å². The molecule has 10 rings (SSSR count). The van der Waals surface area contributed by atoms with Crippen LogP contribution in [0.15, 0.2) is 194 Å². The van der Waals surface area contributed by atoms with Gasteiger partial charge in [-0.05, 0) is 81.9 Å². The molecule has 2 heteroatoms. The van der Waals surface area contributed by atoms with Crippen molar-refractivity contribution < 1.29 is 0 Å². The molecule has 0 amide bonds. The lowest BCUT2D eigenvalue weighted by atomic mass is 9.91. The fourth-order valence-corrected chi connectivity index (χ4v) is 8.13. The summed E-state index contributed by atoms with van der Waals surface area (Å²) in [4.78, 5) is 0. The maximum atomic E-state index is 2.38. The smallest absolute Gasteiger partial charge is 0.0541 e. The van der Waals surface area contributed by atoms with E-state index in [2.05, 4.69) is 210 Å². The largest absolute Gasteiger partial charge is 0.309 e. The van der Waals surface area contributed by atoms with Gasteiger partial charge < -0.3 is 9.13 Å². The van der Waals surface area contributed by atoms with Gasteiger partial charge in [-0.15, -0.1) is 0 Å². The first-order valence-electron chi connectivity index (χ1n) is 18.1. The molecule has 246 valence electrons. The molecule has 2 aromatic heterocycles. The zero-order chi connectivity index (χ0) is 34.6. The van der Waals surface area contributed by atoms with E-state index in [0.29, 0.717) is 0 Å². The lowest BCUT2D eigenvalue weighted by Crippen LogP contribution is -1.98. The second-order valence-electron chi connectivity index (χ2n) is 13.8. The van der Waals surface area contributed by atoms with Gasteiger partial charge in [-0.3, -0.25) is 0 Å². The van der Waals surface area contributed by atoms with Crippen LogP contribution in [0.5, 0.6) is 0 Å². The van der Waals surface area contributed by atoms with Crippen LogP contribution in [0.2, 0.25) is 0 Å². The van der Waals surface area contributed by atoms with Crippen LogP contribution < -0.4 is 0 Å². The lowest BCUT2D eigenvalue weighted by molar-refractivity contribution is 0.921. The van der Waals surface area contributed by atoms with Gasteiger partial charge in [-0.25, -0.2) is 0 Å².